The maximum Gasteiger partial charge on any atom is 0.320 e. The summed E-state index contributed by atoms with van der Waals surface area (Å²) in [5, 5.41) is 10.3. The number of hydrogen-bond donors (Lipinski definition) is 1. The molecule has 1 fully saturated rings. The van der Waals surface area contributed by atoms with Gasteiger partial charge in [0.2, 0.25) is 0 Å². The zero-order chi connectivity index (χ0) is 15.0. The predicted octanol–water partition coefficient (Wildman–Crippen LogP) is 3.32. The van der Waals surface area contributed by atoms with E-state index in [1.165, 1.54) is 0 Å². The molecule has 0 spiro atoms. The van der Waals surface area contributed by atoms with Crippen LogP contribution in [0.1, 0.15) is 18.4 Å². The SMILES string of the molecule is O=C(O)C1CCCN1CC1=Cc2cc(Cl)cc(Cl)c2OC1. The molecular weight excluding hydrogens is 313 g/mol. The van der Waals surface area contributed by atoms with Gasteiger partial charge in [0.1, 0.15) is 18.4 Å². The largest absolute Gasteiger partial charge is 0.487 e. The van der Waals surface area contributed by atoms with Crippen LogP contribution >= 0.6 is 23.2 Å². The summed E-state index contributed by atoms with van der Waals surface area (Å²) in [6.45, 7) is 1.83. The summed E-state index contributed by atoms with van der Waals surface area (Å²) in [4.78, 5) is 13.2. The van der Waals surface area contributed by atoms with Crippen LogP contribution in [0.15, 0.2) is 17.7 Å². The van der Waals surface area contributed by atoms with Crippen molar-refractivity contribution in [2.45, 2.75) is 18.9 Å². The van der Waals surface area contributed by atoms with Gasteiger partial charge in [-0.15, -0.1) is 0 Å². The van der Waals surface area contributed by atoms with Crippen LogP contribution in [0.4, 0.5) is 0 Å². The number of hydrogen-bond acceptors (Lipinski definition) is 3. The first-order chi connectivity index (χ1) is 10.0. The summed E-state index contributed by atoms with van der Waals surface area (Å²) in [5.41, 5.74) is 1.88. The minimum Gasteiger partial charge on any atom is -0.487 e. The molecule has 6 heteroatoms. The third-order valence-electron chi connectivity index (χ3n) is 3.85. The number of fused-ring (bicyclic) bond motifs is 1. The minimum absolute atomic E-state index is 0.393. The summed E-state index contributed by atoms with van der Waals surface area (Å²) < 4.78 is 5.69. The number of halogens is 2. The number of ether oxygens (including phenoxy) is 1. The first-order valence-corrected chi connectivity index (χ1v) is 7.58. The van der Waals surface area contributed by atoms with Crippen LogP contribution in [-0.2, 0) is 4.79 Å². The van der Waals surface area contributed by atoms with Crippen LogP contribution in [0.3, 0.4) is 0 Å². The number of likely N-dealkylation sites (tertiary alicyclic amines) is 1. The third-order valence-corrected chi connectivity index (χ3v) is 4.35. The van der Waals surface area contributed by atoms with Crippen molar-refractivity contribution in [3.63, 3.8) is 0 Å². The Balaban J connectivity index is 1.81. The van der Waals surface area contributed by atoms with Crippen LogP contribution in [0.2, 0.25) is 10.0 Å². The Morgan fingerprint density at radius 1 is 1.43 bits per heavy atom. The van der Waals surface area contributed by atoms with Crippen molar-refractivity contribution in [3.05, 3.63) is 33.3 Å². The zero-order valence-electron chi connectivity index (χ0n) is 11.3. The molecule has 2 aliphatic heterocycles. The first-order valence-electron chi connectivity index (χ1n) is 6.83. The molecule has 1 aromatic rings. The predicted molar refractivity (Wildman–Crippen MR) is 82.2 cm³/mol. The van der Waals surface area contributed by atoms with Crippen LogP contribution < -0.4 is 4.74 Å². The highest BCUT2D eigenvalue weighted by Crippen LogP contribution is 2.36. The van der Waals surface area contributed by atoms with E-state index in [1.54, 1.807) is 12.1 Å². The van der Waals surface area contributed by atoms with E-state index in [0.29, 0.717) is 35.4 Å². The van der Waals surface area contributed by atoms with E-state index in [2.05, 4.69) is 0 Å². The van der Waals surface area contributed by atoms with Gasteiger partial charge >= 0.3 is 5.97 Å². The highest BCUT2D eigenvalue weighted by Gasteiger charge is 2.31. The van der Waals surface area contributed by atoms with Crippen LogP contribution in [0, 0.1) is 0 Å². The highest BCUT2D eigenvalue weighted by atomic mass is 35.5. The molecule has 4 nitrogen and oxygen atoms in total. The van der Waals surface area contributed by atoms with E-state index in [-0.39, 0.29) is 0 Å². The lowest BCUT2D eigenvalue weighted by Crippen LogP contribution is -2.38. The molecule has 0 amide bonds. The van der Waals surface area contributed by atoms with Crippen molar-refractivity contribution in [1.82, 2.24) is 4.90 Å². The number of benzene rings is 1. The molecule has 2 heterocycles. The smallest absolute Gasteiger partial charge is 0.320 e. The topological polar surface area (TPSA) is 49.8 Å². The van der Waals surface area contributed by atoms with Crippen LogP contribution in [0.25, 0.3) is 6.08 Å². The van der Waals surface area contributed by atoms with E-state index in [4.69, 9.17) is 27.9 Å². The lowest BCUT2D eigenvalue weighted by molar-refractivity contribution is -0.142. The fourth-order valence-electron chi connectivity index (χ4n) is 2.91. The van der Waals surface area contributed by atoms with Crippen molar-refractivity contribution in [1.29, 1.82) is 0 Å². The molecule has 0 bridgehead atoms. The molecule has 1 saturated heterocycles. The average Bonchev–Trinajstić information content (AvgIpc) is 2.86. The van der Waals surface area contributed by atoms with Crippen molar-refractivity contribution in [3.8, 4) is 5.75 Å². The normalized spacial score (nSPS) is 21.6. The lowest BCUT2D eigenvalue weighted by atomic mass is 10.1. The third kappa shape index (κ3) is 3.03. The fraction of sp³-hybridized carbons (Fsp3) is 0.400. The maximum absolute atomic E-state index is 11.2. The van der Waals surface area contributed by atoms with Crippen molar-refractivity contribution < 1.29 is 14.6 Å². The Labute approximate surface area is 132 Å². The fourth-order valence-corrected chi connectivity index (χ4v) is 3.48. The Morgan fingerprint density at radius 3 is 3.00 bits per heavy atom. The summed E-state index contributed by atoms with van der Waals surface area (Å²) >= 11 is 12.1. The quantitative estimate of drug-likeness (QED) is 0.925. The number of rotatable bonds is 3. The minimum atomic E-state index is -0.753. The van der Waals surface area contributed by atoms with Crippen molar-refractivity contribution in [2.75, 3.05) is 19.7 Å². The molecule has 3 rings (SSSR count). The lowest BCUT2D eigenvalue weighted by Gasteiger charge is -2.25. The summed E-state index contributed by atoms with van der Waals surface area (Å²) in [6, 6.07) is 3.07. The Kier molecular flexibility index (Phi) is 4.11. The van der Waals surface area contributed by atoms with Gasteiger partial charge in [-0.05, 0) is 43.2 Å². The molecule has 0 aromatic heterocycles. The van der Waals surface area contributed by atoms with E-state index >= 15 is 0 Å². The highest BCUT2D eigenvalue weighted by molar-refractivity contribution is 6.36. The molecule has 1 N–H and O–H groups in total. The van der Waals surface area contributed by atoms with Crippen molar-refractivity contribution >= 4 is 35.2 Å². The van der Waals surface area contributed by atoms with Gasteiger partial charge in [-0.1, -0.05) is 23.2 Å². The second-order valence-corrected chi connectivity index (χ2v) is 6.21. The van der Waals surface area contributed by atoms with Gasteiger partial charge in [-0.2, -0.15) is 0 Å². The van der Waals surface area contributed by atoms with E-state index in [0.717, 1.165) is 24.1 Å². The molecule has 2 aliphatic rings. The monoisotopic (exact) mass is 327 g/mol. The van der Waals surface area contributed by atoms with Crippen LogP contribution in [-0.4, -0.2) is 41.7 Å². The molecule has 1 unspecified atom stereocenters. The molecule has 0 saturated carbocycles. The Hall–Kier alpha value is -1.23. The van der Waals surface area contributed by atoms with E-state index in [1.807, 2.05) is 11.0 Å². The van der Waals surface area contributed by atoms with Gasteiger partial charge in [0.15, 0.2) is 0 Å². The van der Waals surface area contributed by atoms with Crippen LogP contribution in [0.5, 0.6) is 5.75 Å². The molecule has 0 radical (unpaired) electrons. The standard InChI is InChI=1S/C15H15Cl2NO3/c16-11-5-10-4-9(8-21-14(10)12(17)6-11)7-18-3-1-2-13(18)15(19)20/h4-6,13H,1-3,7-8H2,(H,19,20). The van der Waals surface area contributed by atoms with E-state index < -0.39 is 12.0 Å². The average molecular weight is 328 g/mol. The number of nitrogens with zero attached hydrogens (tertiary/aromatic N) is 1. The number of aliphatic carboxylic acids is 1. The summed E-state index contributed by atoms with van der Waals surface area (Å²) in [6.07, 6.45) is 3.62. The zero-order valence-corrected chi connectivity index (χ0v) is 12.8. The Bertz CT molecular complexity index is 615. The molecule has 21 heavy (non-hydrogen) atoms. The van der Waals surface area contributed by atoms with Gasteiger partial charge in [-0.3, -0.25) is 9.69 Å². The van der Waals surface area contributed by atoms with E-state index in [9.17, 15) is 9.90 Å². The van der Waals surface area contributed by atoms with Gasteiger partial charge in [0.05, 0.1) is 5.02 Å². The number of carboxylic acid groups (broad SMARTS) is 1. The van der Waals surface area contributed by atoms with Gasteiger partial charge < -0.3 is 9.84 Å². The van der Waals surface area contributed by atoms with Crippen molar-refractivity contribution in [2.24, 2.45) is 0 Å². The molecule has 1 atom stereocenters. The van der Waals surface area contributed by atoms with Gasteiger partial charge in [-0.25, -0.2) is 0 Å². The maximum atomic E-state index is 11.2. The molecular formula is C15H15Cl2NO3. The summed E-state index contributed by atoms with van der Waals surface area (Å²) in [5.74, 6) is -0.114. The number of carboxylic acids is 1. The second-order valence-electron chi connectivity index (χ2n) is 5.36. The number of carbonyl (C=O) groups is 1. The van der Waals surface area contributed by atoms with Gasteiger partial charge in [0.25, 0.3) is 0 Å². The molecule has 112 valence electrons. The second kappa shape index (κ2) is 5.87. The first kappa shape index (κ1) is 14.7. The molecule has 0 aliphatic carbocycles. The Morgan fingerprint density at radius 2 is 2.24 bits per heavy atom. The molecule has 1 aromatic carbocycles. The van der Waals surface area contributed by atoms with Gasteiger partial charge in [0, 0.05) is 17.1 Å². The summed E-state index contributed by atoms with van der Waals surface area (Å²) in [7, 11) is 0.